The summed E-state index contributed by atoms with van der Waals surface area (Å²) < 4.78 is 20.8. The van der Waals surface area contributed by atoms with Gasteiger partial charge in [0.15, 0.2) is 5.75 Å². The number of methoxy groups -OCH3 is 1. The van der Waals surface area contributed by atoms with Crippen LogP contribution in [0.1, 0.15) is 21.7 Å². The van der Waals surface area contributed by atoms with Gasteiger partial charge in [0.05, 0.1) is 17.6 Å². The zero-order valence-electron chi connectivity index (χ0n) is 15.9. The van der Waals surface area contributed by atoms with Gasteiger partial charge >= 0.3 is 11.7 Å². The Hall–Kier alpha value is -4.14. The molecule has 0 fully saturated rings. The van der Waals surface area contributed by atoms with Gasteiger partial charge in [0.25, 0.3) is 0 Å². The quantitative estimate of drug-likeness (QED) is 0.314. The number of rotatable bonds is 8. The summed E-state index contributed by atoms with van der Waals surface area (Å²) in [5, 5.41) is 10.9. The molecule has 0 unspecified atom stereocenters. The number of carbonyl (C=O) groups excluding carboxylic acids is 1. The minimum Gasteiger partial charge on any atom is -0.490 e. The van der Waals surface area contributed by atoms with Crippen molar-refractivity contribution in [1.82, 2.24) is 0 Å². The number of esters is 1. The van der Waals surface area contributed by atoms with Crippen LogP contribution in [0.15, 0.2) is 70.1 Å². The zero-order chi connectivity index (χ0) is 21.5. The molecule has 0 N–H and O–H groups in total. The molecule has 154 valence electrons. The molecule has 9 heteroatoms. The van der Waals surface area contributed by atoms with Gasteiger partial charge in [-0.1, -0.05) is 30.3 Å². The molecule has 0 aliphatic carbocycles. The van der Waals surface area contributed by atoms with Crippen molar-refractivity contribution in [3.63, 3.8) is 0 Å². The molecule has 3 rings (SSSR count). The predicted molar refractivity (Wildman–Crippen MR) is 105 cm³/mol. The van der Waals surface area contributed by atoms with Gasteiger partial charge in [0.1, 0.15) is 25.2 Å². The predicted octanol–water partition coefficient (Wildman–Crippen LogP) is 3.49. The molecule has 2 aromatic carbocycles. The Kier molecular flexibility index (Phi) is 6.43. The monoisotopic (exact) mass is 411 g/mol. The Morgan fingerprint density at radius 2 is 1.83 bits per heavy atom. The highest BCUT2D eigenvalue weighted by Gasteiger charge is 2.18. The summed E-state index contributed by atoms with van der Waals surface area (Å²) in [4.78, 5) is 34.6. The fourth-order valence-corrected chi connectivity index (χ4v) is 2.53. The smallest absolute Gasteiger partial charge is 0.338 e. The average Bonchev–Trinajstić information content (AvgIpc) is 2.77. The minimum atomic E-state index is -0.754. The second-order valence-corrected chi connectivity index (χ2v) is 6.07. The number of hydrogen-bond acceptors (Lipinski definition) is 8. The lowest BCUT2D eigenvalue weighted by atomic mass is 10.2. The first-order valence-corrected chi connectivity index (χ1v) is 8.76. The third-order valence-electron chi connectivity index (χ3n) is 4.05. The number of benzene rings is 2. The van der Waals surface area contributed by atoms with Crippen LogP contribution in [0.3, 0.4) is 0 Å². The molecular formula is C21H17NO8. The molecule has 3 aromatic rings. The van der Waals surface area contributed by atoms with E-state index >= 15 is 0 Å². The summed E-state index contributed by atoms with van der Waals surface area (Å²) in [5.41, 5.74) is 0.266. The minimum absolute atomic E-state index is 0.0361. The van der Waals surface area contributed by atoms with Gasteiger partial charge in [-0.3, -0.25) is 14.9 Å². The third-order valence-corrected chi connectivity index (χ3v) is 4.05. The normalized spacial score (nSPS) is 10.3. The largest absolute Gasteiger partial charge is 0.490 e. The van der Waals surface area contributed by atoms with Crippen molar-refractivity contribution in [1.29, 1.82) is 0 Å². The Morgan fingerprint density at radius 1 is 1.07 bits per heavy atom. The molecule has 0 saturated heterocycles. The fraction of sp³-hybridized carbons (Fsp3) is 0.143. The van der Waals surface area contributed by atoms with Gasteiger partial charge in [0, 0.05) is 18.2 Å². The third kappa shape index (κ3) is 5.02. The van der Waals surface area contributed by atoms with E-state index in [2.05, 4.69) is 0 Å². The SMILES string of the molecule is COc1cc(C(=O)OCc2cc(=O)c(OCc3ccccc3)co2)ccc1[N+](=O)[O-]. The van der Waals surface area contributed by atoms with E-state index in [9.17, 15) is 19.7 Å². The number of nitro groups is 1. The zero-order valence-corrected chi connectivity index (χ0v) is 15.9. The van der Waals surface area contributed by atoms with Crippen LogP contribution in [0.5, 0.6) is 11.5 Å². The lowest BCUT2D eigenvalue weighted by Crippen LogP contribution is -2.10. The van der Waals surface area contributed by atoms with E-state index < -0.39 is 16.3 Å². The van der Waals surface area contributed by atoms with Gasteiger partial charge in [-0.2, -0.15) is 0 Å². The van der Waals surface area contributed by atoms with Crippen LogP contribution in [0, 0.1) is 10.1 Å². The Labute approximate surface area is 170 Å². The van der Waals surface area contributed by atoms with Crippen LogP contribution in [0.2, 0.25) is 0 Å². The van der Waals surface area contributed by atoms with Crippen LogP contribution in [0.25, 0.3) is 0 Å². The Morgan fingerprint density at radius 3 is 2.50 bits per heavy atom. The van der Waals surface area contributed by atoms with Crippen molar-refractivity contribution in [2.24, 2.45) is 0 Å². The standard InChI is InChI=1S/C21H17NO8/c1-27-19-9-15(7-8-17(19)22(25)26)21(24)30-12-16-10-18(23)20(13-28-16)29-11-14-5-3-2-4-6-14/h2-10,13H,11-12H2,1H3. The molecule has 0 aliphatic heterocycles. The van der Waals surface area contributed by atoms with E-state index in [1.54, 1.807) is 0 Å². The van der Waals surface area contributed by atoms with E-state index in [1.165, 1.54) is 25.3 Å². The van der Waals surface area contributed by atoms with Gasteiger partial charge in [0.2, 0.25) is 11.2 Å². The maximum absolute atomic E-state index is 12.2. The number of nitro benzene ring substituents is 1. The average molecular weight is 411 g/mol. The maximum Gasteiger partial charge on any atom is 0.338 e. The molecule has 0 bridgehead atoms. The van der Waals surface area contributed by atoms with Crippen LogP contribution in [0.4, 0.5) is 5.69 Å². The summed E-state index contributed by atoms with van der Waals surface area (Å²) in [6, 6.07) is 14.1. The van der Waals surface area contributed by atoms with Crippen LogP contribution in [-0.2, 0) is 18.0 Å². The highest BCUT2D eigenvalue weighted by molar-refractivity contribution is 5.90. The van der Waals surface area contributed by atoms with Crippen molar-refractivity contribution >= 4 is 11.7 Å². The van der Waals surface area contributed by atoms with Crippen LogP contribution in [-0.4, -0.2) is 18.0 Å². The molecule has 0 saturated carbocycles. The first-order chi connectivity index (χ1) is 14.5. The van der Waals surface area contributed by atoms with Gasteiger partial charge in [-0.15, -0.1) is 0 Å². The van der Waals surface area contributed by atoms with E-state index in [0.717, 1.165) is 17.9 Å². The van der Waals surface area contributed by atoms with Gasteiger partial charge in [-0.05, 0) is 11.6 Å². The lowest BCUT2D eigenvalue weighted by Gasteiger charge is -2.08. The number of hydrogen-bond donors (Lipinski definition) is 0. The Balaban J connectivity index is 1.61. The van der Waals surface area contributed by atoms with E-state index in [1.807, 2.05) is 30.3 Å². The number of carbonyl (C=O) groups is 1. The first-order valence-electron chi connectivity index (χ1n) is 8.76. The molecule has 0 radical (unpaired) electrons. The topological polar surface area (TPSA) is 118 Å². The van der Waals surface area contributed by atoms with Crippen molar-refractivity contribution < 1.29 is 28.3 Å². The van der Waals surface area contributed by atoms with E-state index in [0.29, 0.717) is 0 Å². The van der Waals surface area contributed by atoms with Crippen molar-refractivity contribution in [2.45, 2.75) is 13.2 Å². The number of ether oxygens (including phenoxy) is 3. The van der Waals surface area contributed by atoms with Crippen LogP contribution >= 0.6 is 0 Å². The molecule has 0 amide bonds. The van der Waals surface area contributed by atoms with Gasteiger partial charge < -0.3 is 18.6 Å². The highest BCUT2D eigenvalue weighted by atomic mass is 16.6. The molecule has 1 aromatic heterocycles. The first kappa shape index (κ1) is 20.6. The molecule has 30 heavy (non-hydrogen) atoms. The molecule has 0 atom stereocenters. The molecule has 1 heterocycles. The molecule has 0 aliphatic rings. The second-order valence-electron chi connectivity index (χ2n) is 6.07. The summed E-state index contributed by atoms with van der Waals surface area (Å²) >= 11 is 0. The summed E-state index contributed by atoms with van der Waals surface area (Å²) in [7, 11) is 1.26. The second kappa shape index (κ2) is 9.37. The van der Waals surface area contributed by atoms with Crippen molar-refractivity contribution in [2.75, 3.05) is 7.11 Å². The maximum atomic E-state index is 12.2. The summed E-state index contributed by atoms with van der Waals surface area (Å²) in [6.07, 6.45) is 1.16. The van der Waals surface area contributed by atoms with E-state index in [-0.39, 0.29) is 41.7 Å². The Bertz CT molecular complexity index is 1110. The summed E-state index contributed by atoms with van der Waals surface area (Å²) in [6.45, 7) is -0.0890. The molecule has 9 nitrogen and oxygen atoms in total. The number of nitrogens with zero attached hydrogens (tertiary/aromatic N) is 1. The fourth-order valence-electron chi connectivity index (χ4n) is 2.53. The lowest BCUT2D eigenvalue weighted by molar-refractivity contribution is -0.385. The molecular weight excluding hydrogens is 394 g/mol. The van der Waals surface area contributed by atoms with E-state index in [4.69, 9.17) is 18.6 Å². The van der Waals surface area contributed by atoms with Crippen molar-refractivity contribution in [3.05, 3.63) is 98.1 Å². The van der Waals surface area contributed by atoms with Crippen molar-refractivity contribution in [3.8, 4) is 11.5 Å². The van der Waals surface area contributed by atoms with Crippen LogP contribution < -0.4 is 14.9 Å². The summed E-state index contributed by atoms with van der Waals surface area (Å²) in [5.74, 6) is -0.667. The van der Waals surface area contributed by atoms with Gasteiger partial charge in [-0.25, -0.2) is 4.79 Å². The molecule has 0 spiro atoms. The highest BCUT2D eigenvalue weighted by Crippen LogP contribution is 2.27.